The highest BCUT2D eigenvalue weighted by molar-refractivity contribution is 5.36. The summed E-state index contributed by atoms with van der Waals surface area (Å²) in [6.45, 7) is 16.8. The third-order valence-electron chi connectivity index (χ3n) is 7.41. The smallest absolute Gasteiger partial charge is 0.0245 e. The molecule has 0 spiro atoms. The first kappa shape index (κ1) is 18.5. The topological polar surface area (TPSA) is 6.48 Å². The predicted octanol–water partition coefficient (Wildman–Crippen LogP) is 5.24. The molecule has 1 saturated heterocycles. The molecular formula is C24H38N2. The molecule has 0 bridgehead atoms. The number of fused-ring (bicyclic) bond motifs is 2. The molecule has 1 aromatic carbocycles. The molecule has 2 unspecified atom stereocenters. The number of hydrogen-bond donors (Lipinski definition) is 0. The molecule has 0 amide bonds. The number of rotatable bonds is 3. The lowest BCUT2D eigenvalue weighted by Crippen LogP contribution is -2.44. The first-order valence-electron chi connectivity index (χ1n) is 10.8. The standard InChI is InChI=1S/C24H38N2/c1-23(2,3)25-14-21-11-10-18(12-22(21)17-25)13-24(4,5)26-15-19-8-6-7-9-20(19)16-26/h10-12,19-20H,6-9,13-17H2,1-5H3. The van der Waals surface area contributed by atoms with Gasteiger partial charge in [0.1, 0.15) is 0 Å². The molecule has 2 nitrogen and oxygen atoms in total. The van der Waals surface area contributed by atoms with Crippen LogP contribution in [0, 0.1) is 11.8 Å². The highest BCUT2D eigenvalue weighted by atomic mass is 15.2. The van der Waals surface area contributed by atoms with E-state index >= 15 is 0 Å². The van der Waals surface area contributed by atoms with E-state index in [2.05, 4.69) is 62.6 Å². The fourth-order valence-electron chi connectivity index (χ4n) is 5.54. The average Bonchev–Trinajstić information content (AvgIpc) is 3.18. The predicted molar refractivity (Wildman–Crippen MR) is 110 cm³/mol. The van der Waals surface area contributed by atoms with Crippen LogP contribution in [0.3, 0.4) is 0 Å². The molecule has 0 N–H and O–H groups in total. The van der Waals surface area contributed by atoms with Crippen LogP contribution >= 0.6 is 0 Å². The second-order valence-corrected chi connectivity index (χ2v) is 10.8. The van der Waals surface area contributed by atoms with E-state index in [1.54, 1.807) is 5.56 Å². The van der Waals surface area contributed by atoms with Crippen LogP contribution in [0.5, 0.6) is 0 Å². The van der Waals surface area contributed by atoms with Gasteiger partial charge < -0.3 is 0 Å². The lowest BCUT2D eigenvalue weighted by Gasteiger charge is -2.36. The lowest BCUT2D eigenvalue weighted by molar-refractivity contribution is 0.136. The van der Waals surface area contributed by atoms with Crippen molar-refractivity contribution in [3.8, 4) is 0 Å². The molecule has 2 heterocycles. The van der Waals surface area contributed by atoms with Crippen LogP contribution in [-0.2, 0) is 19.5 Å². The maximum absolute atomic E-state index is 2.81. The summed E-state index contributed by atoms with van der Waals surface area (Å²) in [6.07, 6.45) is 7.04. The second kappa shape index (κ2) is 6.63. The molecule has 0 radical (unpaired) electrons. The Morgan fingerprint density at radius 2 is 1.46 bits per heavy atom. The molecule has 0 aromatic heterocycles. The summed E-state index contributed by atoms with van der Waals surface area (Å²) in [4.78, 5) is 5.40. The van der Waals surface area contributed by atoms with Gasteiger partial charge in [-0.3, -0.25) is 9.80 Å². The van der Waals surface area contributed by atoms with E-state index in [1.165, 1.54) is 56.3 Å². The molecule has 1 aliphatic carbocycles. The summed E-state index contributed by atoms with van der Waals surface area (Å²) in [5.74, 6) is 1.95. The summed E-state index contributed by atoms with van der Waals surface area (Å²) in [6, 6.07) is 7.30. The van der Waals surface area contributed by atoms with Gasteiger partial charge in [0, 0.05) is 37.3 Å². The first-order chi connectivity index (χ1) is 12.2. The maximum Gasteiger partial charge on any atom is 0.0245 e. The summed E-state index contributed by atoms with van der Waals surface area (Å²) in [5.41, 5.74) is 5.15. The van der Waals surface area contributed by atoms with Gasteiger partial charge in [-0.05, 0) is 82.4 Å². The molecule has 1 aromatic rings. The van der Waals surface area contributed by atoms with Crippen molar-refractivity contribution in [2.75, 3.05) is 13.1 Å². The van der Waals surface area contributed by atoms with Gasteiger partial charge in [0.2, 0.25) is 0 Å². The zero-order valence-corrected chi connectivity index (χ0v) is 17.6. The van der Waals surface area contributed by atoms with Crippen molar-refractivity contribution in [2.24, 2.45) is 11.8 Å². The molecule has 2 heteroatoms. The van der Waals surface area contributed by atoms with Crippen LogP contribution in [-0.4, -0.2) is 34.0 Å². The SMILES string of the molecule is CC(C)(C)N1Cc2ccc(CC(C)(C)N3CC4CCCCC4C3)cc2C1. The highest BCUT2D eigenvalue weighted by Gasteiger charge is 2.40. The molecule has 144 valence electrons. The molecule has 2 aliphatic heterocycles. The summed E-state index contributed by atoms with van der Waals surface area (Å²) >= 11 is 0. The Bertz CT molecular complexity index is 641. The van der Waals surface area contributed by atoms with Crippen LogP contribution in [0.25, 0.3) is 0 Å². The Morgan fingerprint density at radius 1 is 0.846 bits per heavy atom. The quantitative estimate of drug-likeness (QED) is 0.732. The van der Waals surface area contributed by atoms with Crippen molar-refractivity contribution in [1.82, 2.24) is 9.80 Å². The fraction of sp³-hybridized carbons (Fsp3) is 0.750. The fourth-order valence-corrected chi connectivity index (χ4v) is 5.54. The van der Waals surface area contributed by atoms with Crippen LogP contribution < -0.4 is 0 Å². The summed E-state index contributed by atoms with van der Waals surface area (Å²) in [7, 11) is 0. The Labute approximate surface area is 161 Å². The van der Waals surface area contributed by atoms with Crippen molar-refractivity contribution in [2.45, 2.75) is 90.9 Å². The van der Waals surface area contributed by atoms with E-state index < -0.39 is 0 Å². The van der Waals surface area contributed by atoms with Gasteiger partial charge in [0.25, 0.3) is 0 Å². The minimum Gasteiger partial charge on any atom is -0.297 e. The van der Waals surface area contributed by atoms with E-state index in [4.69, 9.17) is 0 Å². The van der Waals surface area contributed by atoms with Crippen LogP contribution in [0.15, 0.2) is 18.2 Å². The zero-order valence-electron chi connectivity index (χ0n) is 17.6. The minimum absolute atomic E-state index is 0.254. The minimum atomic E-state index is 0.254. The van der Waals surface area contributed by atoms with Crippen molar-refractivity contribution in [3.05, 3.63) is 34.9 Å². The van der Waals surface area contributed by atoms with Crippen molar-refractivity contribution in [1.29, 1.82) is 0 Å². The Balaban J connectivity index is 1.45. The van der Waals surface area contributed by atoms with Gasteiger partial charge in [-0.25, -0.2) is 0 Å². The molecule has 2 atom stereocenters. The van der Waals surface area contributed by atoms with Crippen molar-refractivity contribution >= 4 is 0 Å². The molecular weight excluding hydrogens is 316 g/mol. The monoisotopic (exact) mass is 354 g/mol. The summed E-state index contributed by atoms with van der Waals surface area (Å²) in [5, 5.41) is 0. The molecule has 26 heavy (non-hydrogen) atoms. The third kappa shape index (κ3) is 3.60. The zero-order chi connectivity index (χ0) is 18.5. The van der Waals surface area contributed by atoms with Crippen molar-refractivity contribution in [3.63, 3.8) is 0 Å². The Morgan fingerprint density at radius 3 is 2.08 bits per heavy atom. The highest BCUT2D eigenvalue weighted by Crippen LogP contribution is 2.40. The second-order valence-electron chi connectivity index (χ2n) is 10.8. The van der Waals surface area contributed by atoms with Crippen molar-refractivity contribution < 1.29 is 0 Å². The Kier molecular flexibility index (Phi) is 4.72. The van der Waals surface area contributed by atoms with Gasteiger partial charge in [0.05, 0.1) is 0 Å². The normalized spacial score (nSPS) is 27.6. The molecule has 3 aliphatic rings. The third-order valence-corrected chi connectivity index (χ3v) is 7.41. The average molecular weight is 355 g/mol. The molecule has 1 saturated carbocycles. The molecule has 2 fully saturated rings. The van der Waals surface area contributed by atoms with E-state index in [0.29, 0.717) is 0 Å². The molecule has 4 rings (SSSR count). The van der Waals surface area contributed by atoms with Crippen LogP contribution in [0.1, 0.15) is 77.0 Å². The van der Waals surface area contributed by atoms with Gasteiger partial charge in [-0.15, -0.1) is 0 Å². The van der Waals surface area contributed by atoms with E-state index in [0.717, 1.165) is 24.9 Å². The van der Waals surface area contributed by atoms with Gasteiger partial charge in [0.15, 0.2) is 0 Å². The lowest BCUT2D eigenvalue weighted by atomic mass is 9.82. The van der Waals surface area contributed by atoms with Gasteiger partial charge >= 0.3 is 0 Å². The van der Waals surface area contributed by atoms with Gasteiger partial charge in [-0.1, -0.05) is 31.0 Å². The number of hydrogen-bond acceptors (Lipinski definition) is 2. The first-order valence-corrected chi connectivity index (χ1v) is 10.8. The number of benzene rings is 1. The van der Waals surface area contributed by atoms with E-state index in [9.17, 15) is 0 Å². The van der Waals surface area contributed by atoms with E-state index in [1.807, 2.05) is 0 Å². The van der Waals surface area contributed by atoms with Gasteiger partial charge in [-0.2, -0.15) is 0 Å². The number of likely N-dealkylation sites (tertiary alicyclic amines) is 1. The largest absolute Gasteiger partial charge is 0.297 e. The van der Waals surface area contributed by atoms with Crippen LogP contribution in [0.2, 0.25) is 0 Å². The van der Waals surface area contributed by atoms with Crippen LogP contribution in [0.4, 0.5) is 0 Å². The van der Waals surface area contributed by atoms with E-state index in [-0.39, 0.29) is 11.1 Å². The number of nitrogens with zero attached hydrogens (tertiary/aromatic N) is 2. The summed E-state index contributed by atoms with van der Waals surface area (Å²) < 4.78 is 0. The maximum atomic E-state index is 2.81. The Hall–Kier alpha value is -0.860.